The van der Waals surface area contributed by atoms with Crippen LogP contribution in [0.3, 0.4) is 0 Å². The summed E-state index contributed by atoms with van der Waals surface area (Å²) < 4.78 is 14.9. The molecule has 1 aromatic heterocycles. The van der Waals surface area contributed by atoms with Gasteiger partial charge in [0.05, 0.1) is 17.3 Å². The number of likely N-dealkylation sites (tertiary alicyclic amines) is 1. The van der Waals surface area contributed by atoms with E-state index < -0.39 is 17.5 Å². The molecule has 2 aliphatic rings. The summed E-state index contributed by atoms with van der Waals surface area (Å²) in [5.74, 6) is -1.46. The van der Waals surface area contributed by atoms with Gasteiger partial charge < -0.3 is 15.1 Å². The maximum atomic E-state index is 13.2. The SMILES string of the molecule is O=C(O)N1CC[C@H]2Cc3c(cnn3-c3ccc(F)cc3)C[C@]2(C(=O)O)C1. The Balaban J connectivity index is 1.73. The van der Waals surface area contributed by atoms with E-state index in [1.165, 1.54) is 17.0 Å². The summed E-state index contributed by atoms with van der Waals surface area (Å²) in [7, 11) is 0. The molecule has 26 heavy (non-hydrogen) atoms. The van der Waals surface area contributed by atoms with Crippen LogP contribution in [-0.4, -0.2) is 50.0 Å². The average Bonchev–Trinajstić information content (AvgIpc) is 3.02. The third kappa shape index (κ3) is 2.44. The molecule has 7 nitrogen and oxygen atoms in total. The summed E-state index contributed by atoms with van der Waals surface area (Å²) >= 11 is 0. The third-order valence-corrected chi connectivity index (χ3v) is 5.67. The van der Waals surface area contributed by atoms with Gasteiger partial charge in [0.2, 0.25) is 0 Å². The lowest BCUT2D eigenvalue weighted by atomic mass is 9.62. The van der Waals surface area contributed by atoms with Crippen molar-refractivity contribution in [3.05, 3.63) is 47.5 Å². The molecule has 2 heterocycles. The molecule has 2 atom stereocenters. The van der Waals surface area contributed by atoms with Crippen molar-refractivity contribution in [3.8, 4) is 5.69 Å². The van der Waals surface area contributed by atoms with Crippen LogP contribution in [0.5, 0.6) is 0 Å². The first kappa shape index (κ1) is 16.6. The second-order valence-corrected chi connectivity index (χ2v) is 7.04. The van der Waals surface area contributed by atoms with Crippen LogP contribution in [0.4, 0.5) is 9.18 Å². The summed E-state index contributed by atoms with van der Waals surface area (Å²) in [4.78, 5) is 24.7. The number of benzene rings is 1. The minimum Gasteiger partial charge on any atom is -0.481 e. The van der Waals surface area contributed by atoms with Crippen molar-refractivity contribution >= 4 is 12.1 Å². The van der Waals surface area contributed by atoms with E-state index in [1.54, 1.807) is 23.0 Å². The van der Waals surface area contributed by atoms with Gasteiger partial charge in [-0.25, -0.2) is 13.9 Å². The fraction of sp³-hybridized carbons (Fsp3) is 0.389. The summed E-state index contributed by atoms with van der Waals surface area (Å²) in [6, 6.07) is 5.99. The zero-order valence-electron chi connectivity index (χ0n) is 13.9. The Morgan fingerprint density at radius 3 is 2.62 bits per heavy atom. The number of carboxylic acids is 1. The van der Waals surface area contributed by atoms with Gasteiger partial charge in [0.25, 0.3) is 0 Å². The minimum absolute atomic E-state index is 0.0104. The van der Waals surface area contributed by atoms with Gasteiger partial charge in [-0.1, -0.05) is 0 Å². The number of amides is 1. The molecule has 0 radical (unpaired) electrons. The fourth-order valence-corrected chi connectivity index (χ4v) is 4.27. The molecule has 1 aliphatic heterocycles. The summed E-state index contributed by atoms with van der Waals surface area (Å²) in [6.07, 6.45) is 1.79. The fourth-order valence-electron chi connectivity index (χ4n) is 4.27. The molecule has 0 bridgehead atoms. The van der Waals surface area contributed by atoms with Crippen LogP contribution in [0.1, 0.15) is 17.7 Å². The molecule has 4 rings (SSSR count). The lowest BCUT2D eigenvalue weighted by Gasteiger charge is -2.47. The molecule has 1 amide bonds. The van der Waals surface area contributed by atoms with Crippen LogP contribution in [0.15, 0.2) is 30.5 Å². The standard InChI is InChI=1S/C18H18FN3O4/c19-13-1-3-14(4-2-13)22-15-7-12-5-6-21(17(25)26)10-18(12,16(23)24)8-11(15)9-20-22/h1-4,9,12H,5-8,10H2,(H,23,24)(H,25,26)/t12-,18-/m0/s1. The number of carboxylic acid groups (broad SMARTS) is 2. The van der Waals surface area contributed by atoms with E-state index >= 15 is 0 Å². The molecule has 8 heteroatoms. The van der Waals surface area contributed by atoms with Gasteiger partial charge in [0, 0.05) is 18.8 Å². The lowest BCUT2D eigenvalue weighted by Crippen LogP contribution is -2.57. The molecular formula is C18H18FN3O4. The Kier molecular flexibility index (Phi) is 3.71. The van der Waals surface area contributed by atoms with E-state index in [2.05, 4.69) is 5.10 Å². The number of carbonyl (C=O) groups is 2. The first-order valence-corrected chi connectivity index (χ1v) is 8.44. The molecule has 0 saturated carbocycles. The number of nitrogens with zero attached hydrogens (tertiary/aromatic N) is 3. The van der Waals surface area contributed by atoms with E-state index in [0.717, 1.165) is 16.9 Å². The van der Waals surface area contributed by atoms with Gasteiger partial charge in [0.1, 0.15) is 5.82 Å². The van der Waals surface area contributed by atoms with Crippen LogP contribution in [0.2, 0.25) is 0 Å². The monoisotopic (exact) mass is 359 g/mol. The van der Waals surface area contributed by atoms with Gasteiger partial charge in [-0.15, -0.1) is 0 Å². The molecule has 1 aromatic carbocycles. The molecule has 2 N–H and O–H groups in total. The third-order valence-electron chi connectivity index (χ3n) is 5.67. The molecule has 0 spiro atoms. The first-order valence-electron chi connectivity index (χ1n) is 8.44. The van der Waals surface area contributed by atoms with E-state index in [4.69, 9.17) is 0 Å². The van der Waals surface area contributed by atoms with Crippen LogP contribution >= 0.6 is 0 Å². The van der Waals surface area contributed by atoms with Crippen molar-refractivity contribution in [1.29, 1.82) is 0 Å². The zero-order chi connectivity index (χ0) is 18.5. The molecule has 0 unspecified atom stereocenters. The molecule has 136 valence electrons. The number of rotatable bonds is 2. The predicted molar refractivity (Wildman–Crippen MR) is 88.7 cm³/mol. The van der Waals surface area contributed by atoms with Crippen molar-refractivity contribution in [3.63, 3.8) is 0 Å². The number of hydrogen-bond acceptors (Lipinski definition) is 3. The van der Waals surface area contributed by atoms with Crippen LogP contribution < -0.4 is 0 Å². The van der Waals surface area contributed by atoms with Crippen LogP contribution in [0, 0.1) is 17.2 Å². The largest absolute Gasteiger partial charge is 0.481 e. The number of fused-ring (bicyclic) bond motifs is 2. The highest BCUT2D eigenvalue weighted by molar-refractivity contribution is 5.78. The quantitative estimate of drug-likeness (QED) is 0.857. The van der Waals surface area contributed by atoms with Crippen molar-refractivity contribution in [2.24, 2.45) is 11.3 Å². The van der Waals surface area contributed by atoms with Crippen molar-refractivity contribution < 1.29 is 24.2 Å². The van der Waals surface area contributed by atoms with Crippen molar-refractivity contribution in [1.82, 2.24) is 14.7 Å². The summed E-state index contributed by atoms with van der Waals surface area (Å²) in [5.41, 5.74) is 1.32. The molecule has 2 aromatic rings. The van der Waals surface area contributed by atoms with E-state index in [1.807, 2.05) is 0 Å². The summed E-state index contributed by atoms with van der Waals surface area (Å²) in [6.45, 7) is 0.318. The van der Waals surface area contributed by atoms with Crippen molar-refractivity contribution in [2.45, 2.75) is 19.3 Å². The van der Waals surface area contributed by atoms with Gasteiger partial charge in [-0.3, -0.25) is 4.79 Å². The molecule has 1 aliphatic carbocycles. The van der Waals surface area contributed by atoms with E-state index in [0.29, 0.717) is 19.4 Å². The Labute approximate surface area is 148 Å². The Bertz CT molecular complexity index is 879. The van der Waals surface area contributed by atoms with E-state index in [-0.39, 0.29) is 24.7 Å². The van der Waals surface area contributed by atoms with E-state index in [9.17, 15) is 24.2 Å². The van der Waals surface area contributed by atoms with Gasteiger partial charge >= 0.3 is 12.1 Å². The highest BCUT2D eigenvalue weighted by Crippen LogP contribution is 2.45. The average molecular weight is 359 g/mol. The van der Waals surface area contributed by atoms with Gasteiger partial charge in [-0.05, 0) is 55.0 Å². The highest BCUT2D eigenvalue weighted by Gasteiger charge is 2.53. The molecule has 1 fully saturated rings. The normalized spacial score (nSPS) is 24.7. The Hall–Kier alpha value is -2.90. The predicted octanol–water partition coefficient (Wildman–Crippen LogP) is 2.18. The molecular weight excluding hydrogens is 341 g/mol. The molecule has 1 saturated heterocycles. The maximum Gasteiger partial charge on any atom is 0.407 e. The number of aliphatic carboxylic acids is 1. The second kappa shape index (κ2) is 5.82. The lowest BCUT2D eigenvalue weighted by molar-refractivity contribution is -0.157. The smallest absolute Gasteiger partial charge is 0.407 e. The number of piperidine rings is 1. The van der Waals surface area contributed by atoms with Crippen molar-refractivity contribution in [2.75, 3.05) is 13.1 Å². The first-order chi connectivity index (χ1) is 12.4. The maximum absolute atomic E-state index is 13.2. The second-order valence-electron chi connectivity index (χ2n) is 7.04. The number of aromatic nitrogens is 2. The summed E-state index contributed by atoms with van der Waals surface area (Å²) in [5, 5.41) is 23.6. The minimum atomic E-state index is -1.12. The topological polar surface area (TPSA) is 95.7 Å². The Morgan fingerprint density at radius 2 is 1.96 bits per heavy atom. The van der Waals surface area contributed by atoms with Crippen LogP contribution in [0.25, 0.3) is 5.69 Å². The van der Waals surface area contributed by atoms with Crippen LogP contribution in [-0.2, 0) is 17.6 Å². The zero-order valence-corrected chi connectivity index (χ0v) is 13.9. The van der Waals surface area contributed by atoms with Gasteiger partial charge in [0.15, 0.2) is 0 Å². The number of halogens is 1. The highest BCUT2D eigenvalue weighted by atomic mass is 19.1. The van der Waals surface area contributed by atoms with Gasteiger partial charge in [-0.2, -0.15) is 5.10 Å². The number of hydrogen-bond donors (Lipinski definition) is 2. The Morgan fingerprint density at radius 1 is 1.23 bits per heavy atom.